The molecule has 0 spiro atoms. The summed E-state index contributed by atoms with van der Waals surface area (Å²) < 4.78 is 0. The fourth-order valence-electron chi connectivity index (χ4n) is 1.85. The Bertz CT molecular complexity index is 563. The second kappa shape index (κ2) is 3.87. The predicted molar refractivity (Wildman–Crippen MR) is 65.3 cm³/mol. The van der Waals surface area contributed by atoms with Crippen LogP contribution in [0.4, 0.5) is 17.2 Å². The average molecular weight is 249 g/mol. The minimum atomic E-state index is -0.849. The molecule has 0 saturated heterocycles. The standard InChI is InChI=1S/C11H9ClN4O/c12-10-13-6-5-9(15-10)16-8-4-2-1-3-7(8)14-11(16)17/h1-6,11,14,17H. The summed E-state index contributed by atoms with van der Waals surface area (Å²) in [6.07, 6.45) is 0.705. The number of hydrogen-bond acceptors (Lipinski definition) is 5. The highest BCUT2D eigenvalue weighted by Crippen LogP contribution is 2.37. The number of aromatic nitrogens is 2. The Hall–Kier alpha value is -1.85. The van der Waals surface area contributed by atoms with E-state index in [1.807, 2.05) is 24.3 Å². The first-order valence-electron chi connectivity index (χ1n) is 5.07. The van der Waals surface area contributed by atoms with Crippen molar-refractivity contribution in [1.82, 2.24) is 9.97 Å². The average Bonchev–Trinajstić information content (AvgIpc) is 2.64. The second-order valence-electron chi connectivity index (χ2n) is 3.59. The van der Waals surface area contributed by atoms with E-state index in [1.165, 1.54) is 0 Å². The van der Waals surface area contributed by atoms with Crippen LogP contribution in [-0.4, -0.2) is 21.4 Å². The van der Waals surface area contributed by atoms with Crippen molar-refractivity contribution in [1.29, 1.82) is 0 Å². The fourth-order valence-corrected chi connectivity index (χ4v) is 1.99. The first kappa shape index (κ1) is 10.3. The molecule has 2 heterocycles. The number of halogens is 1. The molecule has 0 aliphatic carbocycles. The number of aliphatic hydroxyl groups is 1. The van der Waals surface area contributed by atoms with Crippen LogP contribution in [0.2, 0.25) is 5.28 Å². The zero-order valence-electron chi connectivity index (χ0n) is 8.71. The molecule has 1 aromatic heterocycles. The van der Waals surface area contributed by atoms with Crippen LogP contribution in [0.3, 0.4) is 0 Å². The van der Waals surface area contributed by atoms with Gasteiger partial charge in [-0.25, -0.2) is 9.97 Å². The smallest absolute Gasteiger partial charge is 0.224 e. The summed E-state index contributed by atoms with van der Waals surface area (Å²) >= 11 is 5.75. The summed E-state index contributed by atoms with van der Waals surface area (Å²) in [6.45, 7) is 0. The van der Waals surface area contributed by atoms with E-state index in [9.17, 15) is 5.11 Å². The lowest BCUT2D eigenvalue weighted by molar-refractivity contribution is 0.215. The van der Waals surface area contributed by atoms with Crippen molar-refractivity contribution in [2.75, 3.05) is 10.2 Å². The number of anilines is 3. The van der Waals surface area contributed by atoms with E-state index in [0.717, 1.165) is 11.4 Å². The minimum absolute atomic E-state index is 0.152. The van der Waals surface area contributed by atoms with Crippen LogP contribution in [0.15, 0.2) is 36.5 Å². The highest BCUT2D eigenvalue weighted by molar-refractivity contribution is 6.28. The van der Waals surface area contributed by atoms with Gasteiger partial charge >= 0.3 is 0 Å². The Balaban J connectivity index is 2.09. The van der Waals surface area contributed by atoms with Gasteiger partial charge in [-0.15, -0.1) is 0 Å². The van der Waals surface area contributed by atoms with E-state index in [1.54, 1.807) is 17.2 Å². The SMILES string of the molecule is OC1Nc2ccccc2N1c1ccnc(Cl)n1. The molecule has 3 rings (SSSR count). The largest absolute Gasteiger partial charge is 0.356 e. The fraction of sp³-hybridized carbons (Fsp3) is 0.0909. The zero-order valence-corrected chi connectivity index (χ0v) is 9.46. The molecule has 1 aromatic carbocycles. The number of aliphatic hydroxyl groups excluding tert-OH is 1. The lowest BCUT2D eigenvalue weighted by atomic mass is 10.2. The summed E-state index contributed by atoms with van der Waals surface area (Å²) in [7, 11) is 0. The third-order valence-electron chi connectivity index (χ3n) is 2.55. The lowest BCUT2D eigenvalue weighted by Gasteiger charge is -2.21. The Morgan fingerprint density at radius 3 is 2.94 bits per heavy atom. The van der Waals surface area contributed by atoms with E-state index in [4.69, 9.17) is 11.6 Å². The first-order chi connectivity index (χ1) is 8.25. The van der Waals surface area contributed by atoms with Crippen molar-refractivity contribution >= 4 is 28.8 Å². The quantitative estimate of drug-likeness (QED) is 0.756. The van der Waals surface area contributed by atoms with Gasteiger partial charge in [0.25, 0.3) is 0 Å². The van der Waals surface area contributed by atoms with Gasteiger partial charge in [0.1, 0.15) is 5.82 Å². The van der Waals surface area contributed by atoms with Crippen molar-refractivity contribution in [2.45, 2.75) is 6.35 Å². The molecular weight excluding hydrogens is 240 g/mol. The molecule has 5 nitrogen and oxygen atoms in total. The van der Waals surface area contributed by atoms with Gasteiger partial charge in [-0.1, -0.05) is 12.1 Å². The Morgan fingerprint density at radius 1 is 1.29 bits per heavy atom. The number of rotatable bonds is 1. The monoisotopic (exact) mass is 248 g/mol. The molecule has 2 aromatic rings. The molecule has 1 atom stereocenters. The number of nitrogens with one attached hydrogen (secondary N) is 1. The Kier molecular flexibility index (Phi) is 2.35. The molecule has 0 radical (unpaired) electrons. The normalized spacial score (nSPS) is 17.8. The van der Waals surface area contributed by atoms with Crippen molar-refractivity contribution in [2.24, 2.45) is 0 Å². The molecule has 1 unspecified atom stereocenters. The highest BCUT2D eigenvalue weighted by atomic mass is 35.5. The molecule has 2 N–H and O–H groups in total. The van der Waals surface area contributed by atoms with Crippen LogP contribution < -0.4 is 10.2 Å². The van der Waals surface area contributed by atoms with Crippen LogP contribution >= 0.6 is 11.6 Å². The number of nitrogens with zero attached hydrogens (tertiary/aromatic N) is 3. The van der Waals surface area contributed by atoms with Gasteiger partial charge in [0.05, 0.1) is 11.4 Å². The van der Waals surface area contributed by atoms with Gasteiger partial charge in [0.2, 0.25) is 11.6 Å². The molecule has 1 aliphatic rings. The molecule has 17 heavy (non-hydrogen) atoms. The van der Waals surface area contributed by atoms with Gasteiger partial charge in [-0.05, 0) is 29.8 Å². The van der Waals surface area contributed by atoms with Gasteiger partial charge < -0.3 is 10.4 Å². The zero-order chi connectivity index (χ0) is 11.8. The molecule has 0 amide bonds. The predicted octanol–water partition coefficient (Wildman–Crippen LogP) is 1.97. The van der Waals surface area contributed by atoms with E-state index < -0.39 is 6.35 Å². The molecule has 6 heteroatoms. The van der Waals surface area contributed by atoms with E-state index in [0.29, 0.717) is 5.82 Å². The summed E-state index contributed by atoms with van der Waals surface area (Å²) in [5, 5.41) is 13.1. The topological polar surface area (TPSA) is 61.3 Å². The second-order valence-corrected chi connectivity index (χ2v) is 3.93. The van der Waals surface area contributed by atoms with Gasteiger partial charge in [-0.2, -0.15) is 0 Å². The molecule has 1 aliphatic heterocycles. The summed E-state index contributed by atoms with van der Waals surface area (Å²) in [6, 6.07) is 9.28. The third kappa shape index (κ3) is 1.69. The molecule has 0 saturated carbocycles. The van der Waals surface area contributed by atoms with Gasteiger partial charge in [0, 0.05) is 6.20 Å². The maximum Gasteiger partial charge on any atom is 0.224 e. The summed E-state index contributed by atoms with van der Waals surface area (Å²) in [4.78, 5) is 9.56. The number of benzene rings is 1. The third-order valence-corrected chi connectivity index (χ3v) is 2.73. The van der Waals surface area contributed by atoms with Gasteiger partial charge in [0.15, 0.2) is 0 Å². The van der Waals surface area contributed by atoms with Crippen LogP contribution in [0.5, 0.6) is 0 Å². The van der Waals surface area contributed by atoms with E-state index >= 15 is 0 Å². The van der Waals surface area contributed by atoms with Crippen LogP contribution in [0.25, 0.3) is 0 Å². The Labute approximate surface area is 103 Å². The van der Waals surface area contributed by atoms with Crippen molar-refractivity contribution in [3.8, 4) is 0 Å². The summed E-state index contributed by atoms with van der Waals surface area (Å²) in [5.74, 6) is 0.551. The van der Waals surface area contributed by atoms with Crippen molar-refractivity contribution < 1.29 is 5.11 Å². The van der Waals surface area contributed by atoms with Gasteiger partial charge in [-0.3, -0.25) is 4.90 Å². The van der Waals surface area contributed by atoms with E-state index in [-0.39, 0.29) is 5.28 Å². The van der Waals surface area contributed by atoms with Crippen molar-refractivity contribution in [3.63, 3.8) is 0 Å². The first-order valence-corrected chi connectivity index (χ1v) is 5.45. The molecule has 0 bridgehead atoms. The Morgan fingerprint density at radius 2 is 2.12 bits per heavy atom. The number of para-hydroxylation sites is 2. The number of hydrogen-bond donors (Lipinski definition) is 2. The molecule has 0 fully saturated rings. The van der Waals surface area contributed by atoms with Crippen LogP contribution in [-0.2, 0) is 0 Å². The molecule has 86 valence electrons. The maximum atomic E-state index is 9.97. The number of fused-ring (bicyclic) bond motifs is 1. The molecular formula is C11H9ClN4O. The van der Waals surface area contributed by atoms with E-state index in [2.05, 4.69) is 15.3 Å². The highest BCUT2D eigenvalue weighted by Gasteiger charge is 2.28. The minimum Gasteiger partial charge on any atom is -0.356 e. The summed E-state index contributed by atoms with van der Waals surface area (Å²) in [5.41, 5.74) is 1.71. The van der Waals surface area contributed by atoms with Crippen molar-refractivity contribution in [3.05, 3.63) is 41.8 Å². The maximum absolute atomic E-state index is 9.97. The lowest BCUT2D eigenvalue weighted by Crippen LogP contribution is -2.31. The van der Waals surface area contributed by atoms with Crippen LogP contribution in [0.1, 0.15) is 0 Å². The van der Waals surface area contributed by atoms with Crippen LogP contribution in [0, 0.1) is 0 Å².